The molecule has 1 aromatic heterocycles. The maximum absolute atomic E-state index is 13.4. The van der Waals surface area contributed by atoms with Crippen LogP contribution in [-0.2, 0) is 9.53 Å². The van der Waals surface area contributed by atoms with Crippen molar-refractivity contribution in [2.24, 2.45) is 0 Å². The smallest absolute Gasteiger partial charge is 0.246 e. The van der Waals surface area contributed by atoms with Crippen molar-refractivity contribution in [3.05, 3.63) is 75.9 Å². The molecule has 1 fully saturated rings. The Morgan fingerprint density at radius 2 is 1.93 bits per heavy atom. The van der Waals surface area contributed by atoms with Crippen molar-refractivity contribution in [3.63, 3.8) is 0 Å². The molecule has 0 bridgehead atoms. The fraction of sp³-hybridized carbons (Fsp3) is 0.286. The third-order valence-corrected chi connectivity index (χ3v) is 5.22. The molecule has 30 heavy (non-hydrogen) atoms. The van der Waals surface area contributed by atoms with Crippen LogP contribution in [0.15, 0.2) is 53.1 Å². The van der Waals surface area contributed by atoms with Crippen molar-refractivity contribution in [3.8, 4) is 0 Å². The molecule has 4 rings (SSSR count). The summed E-state index contributed by atoms with van der Waals surface area (Å²) < 4.78 is 10.9. The number of carbonyl (C=O) groups is 1. The van der Waals surface area contributed by atoms with Gasteiger partial charge in [-0.25, -0.2) is 0 Å². The summed E-state index contributed by atoms with van der Waals surface area (Å²) >= 11 is 12.2. The van der Waals surface area contributed by atoms with E-state index >= 15 is 0 Å². The number of hydrogen-bond acceptors (Lipinski definition) is 6. The highest BCUT2D eigenvalue weighted by Gasteiger charge is 2.34. The first-order chi connectivity index (χ1) is 14.5. The number of nitrogens with one attached hydrogen (secondary N) is 1. The number of aromatic nitrogens is 2. The van der Waals surface area contributed by atoms with E-state index in [0.717, 1.165) is 5.56 Å². The van der Waals surface area contributed by atoms with Crippen LogP contribution in [0.5, 0.6) is 0 Å². The minimum Gasteiger partial charge on any atom is -0.367 e. The molecule has 0 spiro atoms. The van der Waals surface area contributed by atoms with Crippen LogP contribution in [0.3, 0.4) is 0 Å². The van der Waals surface area contributed by atoms with Gasteiger partial charge in [-0.2, -0.15) is 4.98 Å². The van der Waals surface area contributed by atoms with Gasteiger partial charge in [0.05, 0.1) is 6.61 Å². The number of benzene rings is 2. The molecule has 1 aliphatic rings. The molecule has 9 heteroatoms. The molecular formula is C21H20Cl2N4O3. The molecular weight excluding hydrogens is 427 g/mol. The average molecular weight is 447 g/mol. The summed E-state index contributed by atoms with van der Waals surface area (Å²) in [5, 5.41) is 7.81. The molecule has 1 N–H and O–H groups in total. The van der Waals surface area contributed by atoms with Gasteiger partial charge in [-0.3, -0.25) is 9.69 Å². The molecule has 2 heterocycles. The van der Waals surface area contributed by atoms with Crippen molar-refractivity contribution in [1.29, 1.82) is 0 Å². The van der Waals surface area contributed by atoms with E-state index in [0.29, 0.717) is 47.1 Å². The fourth-order valence-corrected chi connectivity index (χ4v) is 4.03. The van der Waals surface area contributed by atoms with Crippen LogP contribution in [0, 0.1) is 6.92 Å². The summed E-state index contributed by atoms with van der Waals surface area (Å²) in [6.07, 6.45) is -0.379. The van der Waals surface area contributed by atoms with Crippen molar-refractivity contribution in [2.45, 2.75) is 19.1 Å². The zero-order valence-electron chi connectivity index (χ0n) is 16.2. The lowest BCUT2D eigenvalue weighted by Crippen LogP contribution is -2.45. The molecule has 0 radical (unpaired) electrons. The van der Waals surface area contributed by atoms with Gasteiger partial charge in [-0.05, 0) is 23.8 Å². The first kappa shape index (κ1) is 20.8. The zero-order valence-corrected chi connectivity index (χ0v) is 17.7. The zero-order chi connectivity index (χ0) is 21.1. The molecule has 156 valence electrons. The van der Waals surface area contributed by atoms with E-state index in [4.69, 9.17) is 32.5 Å². The monoisotopic (exact) mass is 446 g/mol. The van der Waals surface area contributed by atoms with Crippen LogP contribution in [0.2, 0.25) is 10.0 Å². The Kier molecular flexibility index (Phi) is 6.34. The van der Waals surface area contributed by atoms with E-state index in [1.165, 1.54) is 0 Å². The lowest BCUT2D eigenvalue weighted by molar-refractivity contribution is -0.125. The van der Waals surface area contributed by atoms with Crippen molar-refractivity contribution in [2.75, 3.05) is 25.0 Å². The summed E-state index contributed by atoms with van der Waals surface area (Å²) in [5.74, 6) is 0.761. The van der Waals surface area contributed by atoms with Crippen LogP contribution in [0.25, 0.3) is 0 Å². The van der Waals surface area contributed by atoms with Gasteiger partial charge in [-0.15, -0.1) is 0 Å². The quantitative estimate of drug-likeness (QED) is 0.623. The van der Waals surface area contributed by atoms with Crippen molar-refractivity contribution < 1.29 is 14.1 Å². The predicted molar refractivity (Wildman–Crippen MR) is 114 cm³/mol. The molecule has 2 atom stereocenters. The highest BCUT2D eigenvalue weighted by molar-refractivity contribution is 6.35. The van der Waals surface area contributed by atoms with E-state index in [9.17, 15) is 4.79 Å². The van der Waals surface area contributed by atoms with Gasteiger partial charge < -0.3 is 14.6 Å². The van der Waals surface area contributed by atoms with Crippen LogP contribution in [0.1, 0.15) is 29.4 Å². The maximum atomic E-state index is 13.4. The van der Waals surface area contributed by atoms with E-state index in [1.807, 2.05) is 30.3 Å². The Labute approximate surface area is 183 Å². The summed E-state index contributed by atoms with van der Waals surface area (Å²) in [6.45, 7) is 3.20. The second-order valence-electron chi connectivity index (χ2n) is 6.99. The average Bonchev–Trinajstić information content (AvgIpc) is 3.15. The van der Waals surface area contributed by atoms with E-state index in [-0.39, 0.29) is 12.0 Å². The number of hydrogen-bond donors (Lipinski definition) is 1. The molecule has 7 nitrogen and oxygen atoms in total. The number of ether oxygens (including phenoxy) is 1. The van der Waals surface area contributed by atoms with E-state index in [2.05, 4.69) is 20.4 Å². The lowest BCUT2D eigenvalue weighted by atomic mass is 10.0. The third kappa shape index (κ3) is 4.82. The van der Waals surface area contributed by atoms with Gasteiger partial charge in [0.2, 0.25) is 17.6 Å². The number of rotatable bonds is 5. The second kappa shape index (κ2) is 9.14. The minimum absolute atomic E-state index is 0.190. The Bertz CT molecular complexity index is 1010. The summed E-state index contributed by atoms with van der Waals surface area (Å²) in [7, 11) is 0. The molecule has 2 aromatic carbocycles. The number of aryl methyl sites for hydroxylation is 1. The van der Waals surface area contributed by atoms with Gasteiger partial charge in [0.15, 0.2) is 0 Å². The number of halogens is 2. The van der Waals surface area contributed by atoms with Crippen LogP contribution in [-0.4, -0.2) is 40.6 Å². The first-order valence-electron chi connectivity index (χ1n) is 9.47. The SMILES string of the molecule is Cc1nc([C@@H]2CN([C@@H](C(=O)Nc3cc(Cl)cc(Cl)c3)c3ccccc3)CCO2)no1. The number of morpholine rings is 1. The Morgan fingerprint density at radius 1 is 1.20 bits per heavy atom. The van der Waals surface area contributed by atoms with E-state index in [1.54, 1.807) is 25.1 Å². The van der Waals surface area contributed by atoms with Crippen LogP contribution in [0.4, 0.5) is 5.69 Å². The molecule has 1 amide bonds. The Balaban J connectivity index is 1.60. The van der Waals surface area contributed by atoms with E-state index < -0.39 is 6.04 Å². The van der Waals surface area contributed by atoms with Gasteiger partial charge in [0.1, 0.15) is 12.1 Å². The second-order valence-corrected chi connectivity index (χ2v) is 7.86. The molecule has 0 unspecified atom stereocenters. The number of carbonyl (C=O) groups excluding carboxylic acids is 1. The molecule has 0 saturated carbocycles. The van der Waals surface area contributed by atoms with Crippen molar-refractivity contribution >= 4 is 34.8 Å². The van der Waals surface area contributed by atoms with Gasteiger partial charge in [-0.1, -0.05) is 58.7 Å². The van der Waals surface area contributed by atoms with Crippen molar-refractivity contribution in [1.82, 2.24) is 15.0 Å². The summed E-state index contributed by atoms with van der Waals surface area (Å²) in [5.41, 5.74) is 1.41. The largest absolute Gasteiger partial charge is 0.367 e. The minimum atomic E-state index is -0.539. The fourth-order valence-electron chi connectivity index (χ4n) is 3.51. The topological polar surface area (TPSA) is 80.5 Å². The standard InChI is InChI=1S/C21H20Cl2N4O3/c1-13-24-20(26-30-13)18-12-27(7-8-29-18)19(14-5-3-2-4-6-14)21(28)25-17-10-15(22)9-16(23)11-17/h2-6,9-11,18-19H,7-8,12H2,1H3,(H,25,28)/t18-,19+/m0/s1. The Morgan fingerprint density at radius 3 is 2.60 bits per heavy atom. The molecule has 1 aliphatic heterocycles. The predicted octanol–water partition coefficient (Wildman–Crippen LogP) is 4.44. The molecule has 1 saturated heterocycles. The Hall–Kier alpha value is -2.45. The third-order valence-electron chi connectivity index (χ3n) is 4.79. The van der Waals surface area contributed by atoms with Gasteiger partial charge >= 0.3 is 0 Å². The highest BCUT2D eigenvalue weighted by atomic mass is 35.5. The number of amides is 1. The first-order valence-corrected chi connectivity index (χ1v) is 10.2. The van der Waals surface area contributed by atoms with Gasteiger partial charge in [0, 0.05) is 35.7 Å². The van der Waals surface area contributed by atoms with Crippen LogP contribution < -0.4 is 5.32 Å². The number of nitrogens with zero attached hydrogens (tertiary/aromatic N) is 3. The lowest BCUT2D eigenvalue weighted by Gasteiger charge is -2.36. The normalized spacial score (nSPS) is 18.2. The number of anilines is 1. The molecule has 0 aliphatic carbocycles. The van der Waals surface area contributed by atoms with Crippen LogP contribution >= 0.6 is 23.2 Å². The highest BCUT2D eigenvalue weighted by Crippen LogP contribution is 2.30. The van der Waals surface area contributed by atoms with Gasteiger partial charge in [0.25, 0.3) is 0 Å². The maximum Gasteiger partial charge on any atom is 0.246 e. The molecule has 3 aromatic rings. The summed E-state index contributed by atoms with van der Waals surface area (Å²) in [4.78, 5) is 19.7. The summed E-state index contributed by atoms with van der Waals surface area (Å²) in [6, 6.07) is 14.0.